The van der Waals surface area contributed by atoms with Gasteiger partial charge in [0.05, 0.1) is 0 Å². The van der Waals surface area contributed by atoms with Gasteiger partial charge in [-0.2, -0.15) is 0 Å². The van der Waals surface area contributed by atoms with E-state index in [1.807, 2.05) is 0 Å². The number of hydrogen-bond acceptors (Lipinski definition) is 1. The summed E-state index contributed by atoms with van der Waals surface area (Å²) in [6.45, 7) is 10.1. The zero-order valence-electron chi connectivity index (χ0n) is 16.0. The quantitative estimate of drug-likeness (QED) is 0.610. The van der Waals surface area contributed by atoms with Crippen LogP contribution in [0.25, 0.3) is 0 Å². The molecule has 2 fully saturated rings. The van der Waals surface area contributed by atoms with Gasteiger partial charge in [0.1, 0.15) is 0 Å². The van der Waals surface area contributed by atoms with E-state index in [1.165, 1.54) is 44.9 Å². The van der Waals surface area contributed by atoms with Crippen molar-refractivity contribution in [3.05, 3.63) is 0 Å². The number of carbonyl (C=O) groups is 1. The van der Waals surface area contributed by atoms with Crippen LogP contribution in [-0.2, 0) is 4.79 Å². The summed E-state index contributed by atoms with van der Waals surface area (Å²) < 4.78 is 0. The summed E-state index contributed by atoms with van der Waals surface area (Å²) >= 11 is 0. The van der Waals surface area contributed by atoms with Gasteiger partial charge in [0.25, 0.3) is 0 Å². The number of fused-ring (bicyclic) bond motifs is 2. The molecular formula is C21H39NO. The Morgan fingerprint density at radius 3 is 2.17 bits per heavy atom. The first-order valence-corrected chi connectivity index (χ1v) is 10.2. The molecule has 0 heterocycles. The Kier molecular flexibility index (Phi) is 6.57. The van der Waals surface area contributed by atoms with Crippen LogP contribution in [0.2, 0.25) is 0 Å². The Bertz CT molecular complexity index is 373. The van der Waals surface area contributed by atoms with Crippen molar-refractivity contribution in [3.8, 4) is 0 Å². The molecule has 0 aliphatic heterocycles. The molecule has 23 heavy (non-hydrogen) atoms. The van der Waals surface area contributed by atoms with Gasteiger partial charge in [0, 0.05) is 12.0 Å². The average Bonchev–Trinajstić information content (AvgIpc) is 2.50. The lowest BCUT2D eigenvalue weighted by molar-refractivity contribution is -0.140. The second-order valence-corrected chi connectivity index (χ2v) is 8.99. The zero-order valence-corrected chi connectivity index (χ0v) is 16.0. The van der Waals surface area contributed by atoms with Crippen LogP contribution < -0.4 is 5.32 Å². The Morgan fingerprint density at radius 2 is 1.65 bits per heavy atom. The fourth-order valence-electron chi connectivity index (χ4n) is 5.65. The molecule has 0 atom stereocenters. The number of rotatable bonds is 8. The molecule has 2 bridgehead atoms. The van der Waals surface area contributed by atoms with E-state index in [4.69, 9.17) is 0 Å². The lowest BCUT2D eigenvalue weighted by atomic mass is 9.52. The van der Waals surface area contributed by atoms with Gasteiger partial charge in [0.2, 0.25) is 5.91 Å². The first-order chi connectivity index (χ1) is 11.0. The highest BCUT2D eigenvalue weighted by Crippen LogP contribution is 2.58. The number of carbonyl (C=O) groups excluding carboxylic acids is 1. The van der Waals surface area contributed by atoms with Crippen molar-refractivity contribution in [1.29, 1.82) is 0 Å². The molecule has 0 aromatic rings. The molecule has 2 saturated carbocycles. The molecule has 0 saturated heterocycles. The molecule has 2 aliphatic carbocycles. The molecule has 1 N–H and O–H groups in total. The van der Waals surface area contributed by atoms with Crippen LogP contribution in [0.4, 0.5) is 0 Å². The maximum Gasteiger partial charge on any atom is 0.226 e. The van der Waals surface area contributed by atoms with Gasteiger partial charge in [-0.25, -0.2) is 0 Å². The van der Waals surface area contributed by atoms with Crippen LogP contribution in [0.15, 0.2) is 0 Å². The normalized spacial score (nSPS) is 30.7. The minimum absolute atomic E-state index is 0.0285. The van der Waals surface area contributed by atoms with Crippen LogP contribution in [0.1, 0.15) is 98.3 Å². The number of amides is 1. The van der Waals surface area contributed by atoms with Gasteiger partial charge < -0.3 is 5.32 Å². The maximum atomic E-state index is 13.0. The first-order valence-electron chi connectivity index (χ1n) is 10.2. The molecule has 1 amide bonds. The largest absolute Gasteiger partial charge is 0.356 e. The topological polar surface area (TPSA) is 29.1 Å². The average molecular weight is 322 g/mol. The van der Waals surface area contributed by atoms with Crippen molar-refractivity contribution < 1.29 is 4.79 Å². The van der Waals surface area contributed by atoms with E-state index in [-0.39, 0.29) is 5.41 Å². The van der Waals surface area contributed by atoms with Crippen LogP contribution in [-0.4, -0.2) is 12.5 Å². The highest BCUT2D eigenvalue weighted by Gasteiger charge is 2.51. The molecule has 134 valence electrons. The van der Waals surface area contributed by atoms with E-state index in [0.717, 1.165) is 44.1 Å². The summed E-state index contributed by atoms with van der Waals surface area (Å²) in [4.78, 5) is 13.0. The summed E-state index contributed by atoms with van der Waals surface area (Å²) in [7, 11) is 0. The van der Waals surface area contributed by atoms with E-state index in [0.29, 0.717) is 11.3 Å². The number of nitrogens with one attached hydrogen (secondary N) is 1. The van der Waals surface area contributed by atoms with Crippen molar-refractivity contribution >= 4 is 5.91 Å². The van der Waals surface area contributed by atoms with Crippen molar-refractivity contribution in [2.75, 3.05) is 6.54 Å². The van der Waals surface area contributed by atoms with Gasteiger partial charge in [-0.3, -0.25) is 4.79 Å². The summed E-state index contributed by atoms with van der Waals surface area (Å²) in [5.41, 5.74) is 0.441. The monoisotopic (exact) mass is 321 g/mol. The first kappa shape index (κ1) is 18.8. The second-order valence-electron chi connectivity index (χ2n) is 8.99. The van der Waals surface area contributed by atoms with E-state index in [2.05, 4.69) is 33.0 Å². The van der Waals surface area contributed by atoms with Crippen LogP contribution in [0.5, 0.6) is 0 Å². The fraction of sp³-hybridized carbons (Fsp3) is 0.952. The molecule has 2 nitrogen and oxygen atoms in total. The fourth-order valence-corrected chi connectivity index (χ4v) is 5.65. The van der Waals surface area contributed by atoms with Gasteiger partial charge in [-0.15, -0.1) is 0 Å². The minimum Gasteiger partial charge on any atom is -0.356 e. The summed E-state index contributed by atoms with van der Waals surface area (Å²) in [5.74, 6) is 1.91. The molecular weight excluding hydrogens is 282 g/mol. The lowest BCUT2D eigenvalue weighted by Gasteiger charge is -2.52. The minimum atomic E-state index is -0.0285. The lowest BCUT2D eigenvalue weighted by Crippen LogP contribution is -2.50. The predicted molar refractivity (Wildman–Crippen MR) is 98.3 cm³/mol. The third kappa shape index (κ3) is 4.51. The molecule has 0 aromatic carbocycles. The Morgan fingerprint density at radius 1 is 1.04 bits per heavy atom. The van der Waals surface area contributed by atoms with Crippen molar-refractivity contribution in [2.45, 2.75) is 98.3 Å². The molecule has 2 aliphatic rings. The second kappa shape index (κ2) is 8.03. The van der Waals surface area contributed by atoms with E-state index < -0.39 is 0 Å². The van der Waals surface area contributed by atoms with Gasteiger partial charge in [-0.05, 0) is 62.2 Å². The summed E-state index contributed by atoms with van der Waals surface area (Å²) in [5, 5.41) is 3.33. The van der Waals surface area contributed by atoms with Gasteiger partial charge in [0.15, 0.2) is 0 Å². The summed E-state index contributed by atoms with van der Waals surface area (Å²) in [6, 6.07) is 0. The Hall–Kier alpha value is -0.530. The zero-order chi connectivity index (χ0) is 16.9. The van der Waals surface area contributed by atoms with E-state index >= 15 is 0 Å². The molecule has 2 rings (SSSR count). The third-order valence-corrected chi connectivity index (χ3v) is 6.75. The van der Waals surface area contributed by atoms with Crippen LogP contribution in [0, 0.1) is 22.7 Å². The predicted octanol–water partition coefficient (Wildman–Crippen LogP) is 5.71. The van der Waals surface area contributed by atoms with Crippen molar-refractivity contribution in [2.24, 2.45) is 22.7 Å². The van der Waals surface area contributed by atoms with Crippen LogP contribution >= 0.6 is 0 Å². The smallest absolute Gasteiger partial charge is 0.226 e. The van der Waals surface area contributed by atoms with Crippen LogP contribution in [0.3, 0.4) is 0 Å². The third-order valence-electron chi connectivity index (χ3n) is 6.75. The SMILES string of the molecule is CCC(CC)CCNC(=O)C12CCCC(CC(C)C)(CCC1)C2. The van der Waals surface area contributed by atoms with Gasteiger partial charge in [-0.1, -0.05) is 53.4 Å². The highest BCUT2D eigenvalue weighted by atomic mass is 16.2. The molecule has 2 heteroatoms. The Labute approximate surface area is 144 Å². The molecule has 0 aromatic heterocycles. The maximum absolute atomic E-state index is 13.0. The molecule has 0 unspecified atom stereocenters. The summed E-state index contributed by atoms with van der Waals surface area (Å²) in [6.07, 6.45) is 13.6. The van der Waals surface area contributed by atoms with Crippen molar-refractivity contribution in [1.82, 2.24) is 5.32 Å². The highest BCUT2D eigenvalue weighted by molar-refractivity contribution is 5.83. The van der Waals surface area contributed by atoms with Crippen molar-refractivity contribution in [3.63, 3.8) is 0 Å². The van der Waals surface area contributed by atoms with E-state index in [9.17, 15) is 4.79 Å². The van der Waals surface area contributed by atoms with Gasteiger partial charge >= 0.3 is 0 Å². The Balaban J connectivity index is 1.95. The van der Waals surface area contributed by atoms with E-state index in [1.54, 1.807) is 0 Å². The molecule has 0 radical (unpaired) electrons. The number of hydrogen-bond donors (Lipinski definition) is 1. The molecule has 0 spiro atoms. The standard InChI is InChI=1S/C21H39NO/c1-5-18(6-2)9-14-22-19(23)21-12-7-10-20(16-21,11-8-13-21)15-17(3)4/h17-18H,5-16H2,1-4H3,(H,22,23).